The van der Waals surface area contributed by atoms with Crippen LogP contribution in [0.1, 0.15) is 29.8 Å². The van der Waals surface area contributed by atoms with Gasteiger partial charge in [-0.1, -0.05) is 15.9 Å². The molecule has 1 rings (SSSR count). The molecule has 0 aliphatic rings. The lowest BCUT2D eigenvalue weighted by molar-refractivity contribution is -0.147. The summed E-state index contributed by atoms with van der Waals surface area (Å²) >= 11 is 3.36. The molecular weight excluding hydrogens is 298 g/mol. The third-order valence-electron chi connectivity index (χ3n) is 3.07. The lowest BCUT2D eigenvalue weighted by Crippen LogP contribution is -2.50. The number of aliphatic carboxylic acids is 1. The molecule has 0 aliphatic heterocycles. The molecule has 0 aromatic heterocycles. The summed E-state index contributed by atoms with van der Waals surface area (Å²) < 4.78 is 0.916. The van der Waals surface area contributed by atoms with E-state index in [1.165, 1.54) is 25.8 Å². The van der Waals surface area contributed by atoms with E-state index in [1.54, 1.807) is 18.2 Å². The fraction of sp³-hybridized carbons (Fsp3) is 0.385. The maximum atomic E-state index is 12.2. The van der Waals surface area contributed by atoms with E-state index in [2.05, 4.69) is 15.9 Å². The lowest BCUT2D eigenvalue weighted by Gasteiger charge is -2.31. The van der Waals surface area contributed by atoms with Crippen LogP contribution < -0.4 is 0 Å². The fourth-order valence-electron chi connectivity index (χ4n) is 1.37. The molecule has 0 bridgehead atoms. The number of aryl methyl sites for hydroxylation is 1. The number of amides is 1. The number of hydrogen-bond donors (Lipinski definition) is 1. The van der Waals surface area contributed by atoms with E-state index in [0.717, 1.165) is 10.0 Å². The SMILES string of the molecule is Cc1cc(C(=O)N(C)C(C)(C)C(=O)O)ccc1Br. The number of nitrogens with zero attached hydrogens (tertiary/aromatic N) is 1. The molecule has 5 heteroatoms. The molecule has 0 saturated carbocycles. The largest absolute Gasteiger partial charge is 0.480 e. The van der Waals surface area contributed by atoms with Crippen molar-refractivity contribution in [2.75, 3.05) is 7.05 Å². The van der Waals surface area contributed by atoms with Crippen molar-refractivity contribution in [2.45, 2.75) is 26.3 Å². The van der Waals surface area contributed by atoms with Crippen molar-refractivity contribution in [1.82, 2.24) is 4.90 Å². The molecule has 0 fully saturated rings. The van der Waals surface area contributed by atoms with E-state index in [4.69, 9.17) is 5.11 Å². The standard InChI is InChI=1S/C13H16BrNO3/c1-8-7-9(5-6-10(8)14)11(16)15(4)13(2,3)12(17)18/h5-7H,1-4H3,(H,17,18). The zero-order chi connectivity index (χ0) is 14.1. The summed E-state index contributed by atoms with van der Waals surface area (Å²) in [7, 11) is 1.49. The Kier molecular flexibility index (Phi) is 4.16. The van der Waals surface area contributed by atoms with E-state index >= 15 is 0 Å². The van der Waals surface area contributed by atoms with Crippen LogP contribution in [0.4, 0.5) is 0 Å². The first kappa shape index (κ1) is 14.7. The number of hydrogen-bond acceptors (Lipinski definition) is 2. The highest BCUT2D eigenvalue weighted by atomic mass is 79.9. The van der Waals surface area contributed by atoms with E-state index < -0.39 is 11.5 Å². The highest BCUT2D eigenvalue weighted by Gasteiger charge is 2.35. The number of halogens is 1. The molecule has 1 N–H and O–H groups in total. The predicted molar refractivity (Wildman–Crippen MR) is 72.7 cm³/mol. The Bertz CT molecular complexity index is 497. The van der Waals surface area contributed by atoms with Gasteiger partial charge in [0.25, 0.3) is 5.91 Å². The van der Waals surface area contributed by atoms with Crippen LogP contribution in [-0.2, 0) is 4.79 Å². The Labute approximate surface area is 115 Å². The highest BCUT2D eigenvalue weighted by Crippen LogP contribution is 2.20. The van der Waals surface area contributed by atoms with Gasteiger partial charge < -0.3 is 10.0 Å². The van der Waals surface area contributed by atoms with E-state index in [1.807, 2.05) is 6.92 Å². The Morgan fingerprint density at radius 1 is 1.33 bits per heavy atom. The van der Waals surface area contributed by atoms with Gasteiger partial charge in [0.1, 0.15) is 5.54 Å². The molecule has 18 heavy (non-hydrogen) atoms. The Balaban J connectivity index is 3.07. The van der Waals surface area contributed by atoms with Crippen molar-refractivity contribution in [3.63, 3.8) is 0 Å². The molecule has 0 radical (unpaired) electrons. The first-order chi connectivity index (χ1) is 8.17. The van der Waals surface area contributed by atoms with Gasteiger partial charge in [-0.2, -0.15) is 0 Å². The minimum absolute atomic E-state index is 0.307. The smallest absolute Gasteiger partial charge is 0.329 e. The van der Waals surface area contributed by atoms with Gasteiger partial charge in [0.15, 0.2) is 0 Å². The van der Waals surface area contributed by atoms with Crippen LogP contribution in [0.15, 0.2) is 22.7 Å². The summed E-state index contributed by atoms with van der Waals surface area (Å²) in [4.78, 5) is 24.6. The summed E-state index contributed by atoms with van der Waals surface area (Å²) in [5, 5.41) is 9.10. The molecule has 0 aliphatic carbocycles. The maximum Gasteiger partial charge on any atom is 0.329 e. The van der Waals surface area contributed by atoms with Gasteiger partial charge in [0.2, 0.25) is 0 Å². The monoisotopic (exact) mass is 313 g/mol. The summed E-state index contributed by atoms with van der Waals surface area (Å²) in [6.45, 7) is 4.88. The van der Waals surface area contributed by atoms with Gasteiger partial charge in [-0.3, -0.25) is 4.79 Å². The first-order valence-electron chi connectivity index (χ1n) is 5.45. The number of carbonyl (C=O) groups is 2. The lowest BCUT2D eigenvalue weighted by atomic mass is 10.0. The van der Waals surface area contributed by atoms with Crippen LogP contribution in [0.3, 0.4) is 0 Å². The van der Waals surface area contributed by atoms with Gasteiger partial charge in [0.05, 0.1) is 0 Å². The number of carboxylic acid groups (broad SMARTS) is 1. The average Bonchev–Trinajstić information content (AvgIpc) is 2.30. The first-order valence-corrected chi connectivity index (χ1v) is 6.25. The Morgan fingerprint density at radius 2 is 1.89 bits per heavy atom. The third kappa shape index (κ3) is 2.72. The second-order valence-corrected chi connectivity index (χ2v) is 5.55. The van der Waals surface area contributed by atoms with Gasteiger partial charge >= 0.3 is 5.97 Å². The number of carbonyl (C=O) groups excluding carboxylic acids is 1. The van der Waals surface area contributed by atoms with Crippen molar-refractivity contribution < 1.29 is 14.7 Å². The Morgan fingerprint density at radius 3 is 2.33 bits per heavy atom. The second kappa shape index (κ2) is 5.10. The van der Waals surface area contributed by atoms with Crippen LogP contribution >= 0.6 is 15.9 Å². The zero-order valence-corrected chi connectivity index (χ0v) is 12.4. The quantitative estimate of drug-likeness (QED) is 0.933. The molecule has 0 atom stereocenters. The van der Waals surface area contributed by atoms with Crippen molar-refractivity contribution in [2.24, 2.45) is 0 Å². The Hall–Kier alpha value is -1.36. The average molecular weight is 314 g/mol. The van der Waals surface area contributed by atoms with Gasteiger partial charge in [-0.25, -0.2) is 4.79 Å². The van der Waals surface area contributed by atoms with Crippen LogP contribution in [0.2, 0.25) is 0 Å². The van der Waals surface area contributed by atoms with E-state index in [-0.39, 0.29) is 5.91 Å². The molecular formula is C13H16BrNO3. The maximum absolute atomic E-state index is 12.2. The molecule has 98 valence electrons. The van der Waals surface area contributed by atoms with E-state index in [9.17, 15) is 9.59 Å². The summed E-state index contributed by atoms with van der Waals surface area (Å²) in [5.41, 5.74) is 0.174. The number of likely N-dealkylation sites (N-methyl/N-ethyl adjacent to an activating group) is 1. The molecule has 0 unspecified atom stereocenters. The molecule has 1 aromatic carbocycles. The minimum atomic E-state index is -1.24. The van der Waals surface area contributed by atoms with Crippen molar-refractivity contribution in [1.29, 1.82) is 0 Å². The number of rotatable bonds is 3. The summed E-state index contributed by atoms with van der Waals surface area (Å²) in [6.07, 6.45) is 0. The number of benzene rings is 1. The van der Waals surface area contributed by atoms with Gasteiger partial charge in [-0.15, -0.1) is 0 Å². The highest BCUT2D eigenvalue weighted by molar-refractivity contribution is 9.10. The molecule has 0 heterocycles. The topological polar surface area (TPSA) is 57.6 Å². The molecule has 0 saturated heterocycles. The normalized spacial score (nSPS) is 11.2. The molecule has 4 nitrogen and oxygen atoms in total. The summed E-state index contributed by atoms with van der Waals surface area (Å²) in [6, 6.07) is 5.19. The third-order valence-corrected chi connectivity index (χ3v) is 3.96. The molecule has 1 amide bonds. The van der Waals surface area contributed by atoms with Crippen LogP contribution in [-0.4, -0.2) is 34.5 Å². The van der Waals surface area contributed by atoms with Crippen LogP contribution in [0, 0.1) is 6.92 Å². The van der Waals surface area contributed by atoms with E-state index in [0.29, 0.717) is 5.56 Å². The summed E-state index contributed by atoms with van der Waals surface area (Å²) in [5.74, 6) is -1.34. The van der Waals surface area contributed by atoms with Crippen LogP contribution in [0.25, 0.3) is 0 Å². The molecule has 0 spiro atoms. The molecule has 1 aromatic rings. The van der Waals surface area contributed by atoms with Crippen molar-refractivity contribution in [3.8, 4) is 0 Å². The van der Waals surface area contributed by atoms with Crippen molar-refractivity contribution in [3.05, 3.63) is 33.8 Å². The predicted octanol–water partition coefficient (Wildman–Crippen LogP) is 2.69. The zero-order valence-electron chi connectivity index (χ0n) is 10.8. The van der Waals surface area contributed by atoms with Gasteiger partial charge in [0, 0.05) is 17.1 Å². The number of carboxylic acids is 1. The van der Waals surface area contributed by atoms with Crippen LogP contribution in [0.5, 0.6) is 0 Å². The minimum Gasteiger partial charge on any atom is -0.480 e. The van der Waals surface area contributed by atoms with Gasteiger partial charge in [-0.05, 0) is 44.5 Å². The second-order valence-electron chi connectivity index (χ2n) is 4.69. The fourth-order valence-corrected chi connectivity index (χ4v) is 1.62. The van der Waals surface area contributed by atoms with Crippen molar-refractivity contribution >= 4 is 27.8 Å².